The molecular weight excluding hydrogens is 274 g/mol. The Labute approximate surface area is 114 Å². The van der Waals surface area contributed by atoms with E-state index in [0.29, 0.717) is 6.42 Å². The van der Waals surface area contributed by atoms with Crippen molar-refractivity contribution in [1.29, 1.82) is 0 Å². The molecule has 0 aromatic carbocycles. The third-order valence-corrected chi connectivity index (χ3v) is 3.96. The first kappa shape index (κ1) is 18.3. The van der Waals surface area contributed by atoms with Crippen LogP contribution in [0.2, 0.25) is 0 Å². The van der Waals surface area contributed by atoms with Gasteiger partial charge in [-0.3, -0.25) is 0 Å². The van der Waals surface area contributed by atoms with E-state index in [1.807, 2.05) is 13.8 Å². The number of carbonyl (C=O) groups is 1. The lowest BCUT2D eigenvalue weighted by Crippen LogP contribution is -2.47. The summed E-state index contributed by atoms with van der Waals surface area (Å²) >= 11 is 0. The first-order valence-corrected chi connectivity index (χ1v) is 7.61. The lowest BCUT2D eigenvalue weighted by atomic mass is 10.1. The molecule has 0 aliphatic carbocycles. The minimum absolute atomic E-state index is 0.266. The average Bonchev–Trinajstić information content (AvgIpc) is 2.24. The number of hydrogen-bond acceptors (Lipinski definition) is 5. The fourth-order valence-corrected chi connectivity index (χ4v) is 2.77. The van der Waals surface area contributed by atoms with Crippen LogP contribution in [0.15, 0.2) is 0 Å². The first-order chi connectivity index (χ1) is 8.50. The molecule has 0 radical (unpaired) electrons. The largest absolute Gasteiger partial charge is 0.479 e. The highest BCUT2D eigenvalue weighted by molar-refractivity contribution is 7.89. The van der Waals surface area contributed by atoms with Crippen LogP contribution in [0.5, 0.6) is 0 Å². The summed E-state index contributed by atoms with van der Waals surface area (Å²) in [7, 11) is -2.28. The van der Waals surface area contributed by atoms with E-state index in [1.165, 1.54) is 7.11 Å². The van der Waals surface area contributed by atoms with Crippen LogP contribution >= 0.6 is 0 Å². The molecule has 0 aliphatic rings. The van der Waals surface area contributed by atoms with Gasteiger partial charge in [0, 0.05) is 13.7 Å². The normalized spacial score (nSPS) is 17.2. The van der Waals surface area contributed by atoms with Crippen molar-refractivity contribution in [2.45, 2.75) is 38.9 Å². The molecule has 0 saturated heterocycles. The van der Waals surface area contributed by atoms with E-state index in [0.717, 1.165) is 6.92 Å². The molecule has 7 nitrogen and oxygen atoms in total. The van der Waals surface area contributed by atoms with Gasteiger partial charge in [-0.05, 0) is 19.3 Å². The summed E-state index contributed by atoms with van der Waals surface area (Å²) in [5.74, 6) is -1.47. The molecule has 19 heavy (non-hydrogen) atoms. The van der Waals surface area contributed by atoms with Crippen LogP contribution in [0.3, 0.4) is 0 Å². The predicted molar refractivity (Wildman–Crippen MR) is 70.3 cm³/mol. The van der Waals surface area contributed by atoms with E-state index in [2.05, 4.69) is 4.72 Å². The predicted octanol–water partition coefficient (Wildman–Crippen LogP) is -0.197. The van der Waals surface area contributed by atoms with E-state index < -0.39 is 34.2 Å². The lowest BCUT2D eigenvalue weighted by molar-refractivity contribution is -0.155. The third kappa shape index (κ3) is 7.46. The summed E-state index contributed by atoms with van der Waals surface area (Å²) in [6.07, 6.45) is 0.111. The number of carboxylic acid groups (broad SMARTS) is 1. The van der Waals surface area contributed by atoms with Crippen molar-refractivity contribution in [2.24, 2.45) is 5.92 Å². The van der Waals surface area contributed by atoms with Gasteiger partial charge in [0.05, 0.1) is 11.9 Å². The van der Waals surface area contributed by atoms with Gasteiger partial charge < -0.3 is 14.9 Å². The van der Waals surface area contributed by atoms with Crippen LogP contribution in [-0.4, -0.2) is 55.7 Å². The average molecular weight is 297 g/mol. The van der Waals surface area contributed by atoms with Gasteiger partial charge in [0.1, 0.15) is 0 Å². The summed E-state index contributed by atoms with van der Waals surface area (Å²) in [5.41, 5.74) is -2.13. The maximum absolute atomic E-state index is 11.8. The molecule has 0 aromatic heterocycles. The van der Waals surface area contributed by atoms with Gasteiger partial charge in [-0.1, -0.05) is 13.8 Å². The summed E-state index contributed by atoms with van der Waals surface area (Å²) in [4.78, 5) is 10.7. The molecule has 0 aromatic rings. The van der Waals surface area contributed by atoms with Gasteiger partial charge in [-0.15, -0.1) is 0 Å². The second kappa shape index (κ2) is 7.18. The Morgan fingerprint density at radius 1 is 1.42 bits per heavy atom. The number of aliphatic hydroxyl groups is 1. The van der Waals surface area contributed by atoms with Crippen molar-refractivity contribution in [1.82, 2.24) is 4.72 Å². The van der Waals surface area contributed by atoms with E-state index >= 15 is 0 Å². The molecule has 0 aliphatic heterocycles. The second-order valence-corrected chi connectivity index (χ2v) is 7.02. The van der Waals surface area contributed by atoms with Crippen LogP contribution < -0.4 is 4.72 Å². The highest BCUT2D eigenvalue weighted by atomic mass is 32.2. The zero-order valence-corrected chi connectivity index (χ0v) is 12.5. The molecule has 0 bridgehead atoms. The van der Waals surface area contributed by atoms with E-state index in [1.54, 1.807) is 0 Å². The fraction of sp³-hybridized carbons (Fsp3) is 0.909. The van der Waals surface area contributed by atoms with Crippen LogP contribution in [-0.2, 0) is 19.6 Å². The van der Waals surface area contributed by atoms with Crippen LogP contribution in [0, 0.1) is 5.92 Å². The Hall–Kier alpha value is -0.700. The molecular formula is C11H23NO6S. The van der Waals surface area contributed by atoms with Gasteiger partial charge >= 0.3 is 5.97 Å². The molecule has 2 atom stereocenters. The molecule has 0 spiro atoms. The van der Waals surface area contributed by atoms with Crippen molar-refractivity contribution >= 4 is 16.0 Å². The summed E-state index contributed by atoms with van der Waals surface area (Å²) < 4.78 is 30.7. The molecule has 0 amide bonds. The van der Waals surface area contributed by atoms with Crippen molar-refractivity contribution in [2.75, 3.05) is 19.4 Å². The van der Waals surface area contributed by atoms with Crippen LogP contribution in [0.4, 0.5) is 0 Å². The topological polar surface area (TPSA) is 113 Å². The Bertz CT molecular complexity index is 390. The molecule has 2 unspecified atom stereocenters. The Kier molecular flexibility index (Phi) is 6.92. The summed E-state index contributed by atoms with van der Waals surface area (Å²) in [6.45, 7) is 4.34. The molecule has 114 valence electrons. The van der Waals surface area contributed by atoms with Crippen molar-refractivity contribution in [3.8, 4) is 0 Å². The van der Waals surface area contributed by atoms with Crippen LogP contribution in [0.25, 0.3) is 0 Å². The highest BCUT2D eigenvalue weighted by Crippen LogP contribution is 2.10. The van der Waals surface area contributed by atoms with Crippen molar-refractivity contribution in [3.63, 3.8) is 0 Å². The van der Waals surface area contributed by atoms with E-state index in [9.17, 15) is 18.3 Å². The minimum Gasteiger partial charge on any atom is -0.479 e. The molecule has 8 heteroatoms. The maximum atomic E-state index is 11.8. The van der Waals surface area contributed by atoms with Gasteiger partial charge in [-0.2, -0.15) is 0 Å². The number of hydrogen-bond donors (Lipinski definition) is 3. The van der Waals surface area contributed by atoms with Crippen molar-refractivity contribution < 1.29 is 28.2 Å². The molecule has 0 saturated carbocycles. The van der Waals surface area contributed by atoms with Crippen LogP contribution in [0.1, 0.15) is 27.2 Å². The second-order valence-electron chi connectivity index (χ2n) is 5.17. The zero-order valence-electron chi connectivity index (χ0n) is 11.7. The minimum atomic E-state index is -3.70. The quantitative estimate of drug-likeness (QED) is 0.543. The molecule has 3 N–H and O–H groups in total. The van der Waals surface area contributed by atoms with Gasteiger partial charge in [0.15, 0.2) is 5.60 Å². The fourth-order valence-electron chi connectivity index (χ4n) is 1.39. The molecule has 0 heterocycles. The number of ether oxygens (including phenoxy) is 1. The number of rotatable bonds is 9. The number of carboxylic acids is 1. The standard InChI is InChI=1S/C11H23NO6S/c1-8(2)5-9(18-4)6-19(16,17)12-7-11(3,15)10(13)14/h8-9,12,15H,5-7H2,1-4H3,(H,13,14). The van der Waals surface area contributed by atoms with E-state index in [4.69, 9.17) is 9.84 Å². The Balaban J connectivity index is 4.51. The summed E-state index contributed by atoms with van der Waals surface area (Å²) in [5, 5.41) is 18.1. The number of sulfonamides is 1. The summed E-state index contributed by atoms with van der Waals surface area (Å²) in [6, 6.07) is 0. The first-order valence-electron chi connectivity index (χ1n) is 5.96. The number of aliphatic carboxylic acids is 1. The smallest absolute Gasteiger partial charge is 0.336 e. The Morgan fingerprint density at radius 2 is 1.95 bits per heavy atom. The highest BCUT2D eigenvalue weighted by Gasteiger charge is 2.32. The monoisotopic (exact) mass is 297 g/mol. The maximum Gasteiger partial charge on any atom is 0.336 e. The zero-order chi connectivity index (χ0) is 15.3. The number of methoxy groups -OCH3 is 1. The van der Waals surface area contributed by atoms with Crippen molar-refractivity contribution in [3.05, 3.63) is 0 Å². The number of nitrogens with one attached hydrogen (secondary N) is 1. The van der Waals surface area contributed by atoms with Gasteiger partial charge in [0.2, 0.25) is 10.0 Å². The SMILES string of the molecule is COC(CC(C)C)CS(=O)(=O)NCC(C)(O)C(=O)O. The molecule has 0 fully saturated rings. The molecule has 0 rings (SSSR count). The third-order valence-electron chi connectivity index (χ3n) is 2.57. The van der Waals surface area contributed by atoms with Gasteiger partial charge in [-0.25, -0.2) is 17.9 Å². The van der Waals surface area contributed by atoms with E-state index in [-0.39, 0.29) is 11.7 Å². The lowest BCUT2D eigenvalue weighted by Gasteiger charge is -2.21. The Morgan fingerprint density at radius 3 is 2.32 bits per heavy atom. The van der Waals surface area contributed by atoms with Gasteiger partial charge in [0.25, 0.3) is 0 Å².